The van der Waals surface area contributed by atoms with Crippen molar-refractivity contribution in [2.24, 2.45) is 5.73 Å². The summed E-state index contributed by atoms with van der Waals surface area (Å²) >= 11 is 0. The monoisotopic (exact) mass is 362 g/mol. The van der Waals surface area contributed by atoms with Gasteiger partial charge in [0, 0.05) is 18.9 Å². The van der Waals surface area contributed by atoms with Gasteiger partial charge < -0.3 is 10.3 Å². The van der Waals surface area contributed by atoms with Crippen LogP contribution in [0.25, 0.3) is 0 Å². The topological polar surface area (TPSA) is 94.0 Å². The molecule has 3 aromatic rings. The van der Waals surface area contributed by atoms with Crippen molar-refractivity contribution in [3.05, 3.63) is 83.0 Å². The number of nitrogens with zero attached hydrogens (tertiary/aromatic N) is 2. The van der Waals surface area contributed by atoms with Crippen LogP contribution in [0.2, 0.25) is 0 Å². The molecule has 2 heterocycles. The van der Waals surface area contributed by atoms with Gasteiger partial charge in [0.05, 0.1) is 6.04 Å². The molecule has 0 bridgehead atoms. The van der Waals surface area contributed by atoms with Gasteiger partial charge in [-0.15, -0.1) is 0 Å². The first kappa shape index (κ1) is 17.4. The zero-order chi connectivity index (χ0) is 18.8. The fourth-order valence-corrected chi connectivity index (χ4v) is 3.82. The van der Waals surface area contributed by atoms with Crippen LogP contribution in [0, 0.1) is 6.92 Å². The van der Waals surface area contributed by atoms with Crippen molar-refractivity contribution in [1.29, 1.82) is 0 Å². The van der Waals surface area contributed by atoms with Gasteiger partial charge in [-0.2, -0.15) is 4.98 Å². The van der Waals surface area contributed by atoms with Crippen LogP contribution in [0.3, 0.4) is 0 Å². The highest BCUT2D eigenvalue weighted by atomic mass is 16.5. The Labute approximate surface area is 157 Å². The molecule has 1 aliphatic heterocycles. The van der Waals surface area contributed by atoms with Crippen LogP contribution in [-0.4, -0.2) is 22.1 Å². The minimum atomic E-state index is -0.420. The summed E-state index contributed by atoms with van der Waals surface area (Å²) in [5.41, 5.74) is 9.08. The molecule has 0 radical (unpaired) electrons. The first-order valence-corrected chi connectivity index (χ1v) is 9.09. The molecule has 4 rings (SSSR count). The number of hydrogen-bond donors (Lipinski definition) is 2. The number of rotatable bonds is 5. The summed E-state index contributed by atoms with van der Waals surface area (Å²) in [5, 5.41) is 7.63. The number of amides is 1. The Kier molecular flexibility index (Phi) is 4.73. The summed E-state index contributed by atoms with van der Waals surface area (Å²) in [6, 6.07) is 17.8. The van der Waals surface area contributed by atoms with Crippen molar-refractivity contribution in [2.75, 3.05) is 0 Å². The molecule has 0 saturated carbocycles. The number of hydrogen-bond acceptors (Lipinski definition) is 5. The summed E-state index contributed by atoms with van der Waals surface area (Å²) < 4.78 is 5.26. The van der Waals surface area contributed by atoms with Crippen molar-refractivity contribution in [1.82, 2.24) is 15.5 Å². The molecule has 0 spiro atoms. The summed E-state index contributed by atoms with van der Waals surface area (Å²) in [6.07, 6.45) is 1.31. The van der Waals surface area contributed by atoms with E-state index >= 15 is 0 Å². The van der Waals surface area contributed by atoms with E-state index in [0.29, 0.717) is 18.1 Å². The quantitative estimate of drug-likeness (QED) is 0.727. The Bertz CT molecular complexity index is 938. The molecule has 2 unspecified atom stereocenters. The second-order valence-electron chi connectivity index (χ2n) is 6.97. The maximum Gasteiger partial charge on any atom is 0.234 e. The number of primary amides is 1. The van der Waals surface area contributed by atoms with Crippen LogP contribution < -0.4 is 11.1 Å². The molecule has 0 fully saturated rings. The summed E-state index contributed by atoms with van der Waals surface area (Å²) in [6.45, 7) is 1.78. The second-order valence-corrected chi connectivity index (χ2v) is 6.97. The van der Waals surface area contributed by atoms with Crippen LogP contribution in [0.5, 0.6) is 0 Å². The molecule has 27 heavy (non-hydrogen) atoms. The van der Waals surface area contributed by atoms with Crippen molar-refractivity contribution in [2.45, 2.75) is 37.8 Å². The molecule has 6 heteroatoms. The van der Waals surface area contributed by atoms with Crippen LogP contribution >= 0.6 is 0 Å². The van der Waals surface area contributed by atoms with Gasteiger partial charge in [0.25, 0.3) is 0 Å². The van der Waals surface area contributed by atoms with Gasteiger partial charge >= 0.3 is 0 Å². The van der Waals surface area contributed by atoms with Gasteiger partial charge in [-0.25, -0.2) is 0 Å². The third kappa shape index (κ3) is 3.61. The molecule has 1 aliphatic rings. The van der Waals surface area contributed by atoms with Crippen molar-refractivity contribution >= 4 is 5.91 Å². The molecule has 6 nitrogen and oxygen atoms in total. The highest BCUT2D eigenvalue weighted by Crippen LogP contribution is 2.37. The van der Waals surface area contributed by atoms with Crippen LogP contribution in [0.4, 0.5) is 0 Å². The first-order valence-electron chi connectivity index (χ1n) is 9.09. The smallest absolute Gasteiger partial charge is 0.234 e. The molecule has 138 valence electrons. The Morgan fingerprint density at radius 3 is 2.67 bits per heavy atom. The van der Waals surface area contributed by atoms with E-state index < -0.39 is 6.04 Å². The van der Waals surface area contributed by atoms with E-state index in [2.05, 4.69) is 39.7 Å². The van der Waals surface area contributed by atoms with Gasteiger partial charge in [0.2, 0.25) is 11.8 Å². The van der Waals surface area contributed by atoms with E-state index in [1.807, 2.05) is 30.3 Å². The molecular formula is C21H22N4O2. The predicted molar refractivity (Wildman–Crippen MR) is 101 cm³/mol. The predicted octanol–water partition coefficient (Wildman–Crippen LogP) is 2.45. The fraction of sp³-hybridized carbons (Fsp3) is 0.286. The molecule has 1 amide bonds. The molecule has 1 aromatic heterocycles. The molecule has 2 aromatic carbocycles. The summed E-state index contributed by atoms with van der Waals surface area (Å²) in [4.78, 5) is 16.4. The lowest BCUT2D eigenvalue weighted by molar-refractivity contribution is -0.120. The Morgan fingerprint density at radius 2 is 1.96 bits per heavy atom. The van der Waals surface area contributed by atoms with Gasteiger partial charge in [-0.05, 0) is 29.5 Å². The number of nitrogens with two attached hydrogens (primary N) is 1. The number of carbonyl (C=O) groups is 1. The number of fused-ring (bicyclic) bond motifs is 1. The molecular weight excluding hydrogens is 340 g/mol. The minimum absolute atomic E-state index is 0.0897. The second kappa shape index (κ2) is 7.32. The average Bonchev–Trinajstić information content (AvgIpc) is 3.12. The highest BCUT2D eigenvalue weighted by Gasteiger charge is 2.36. The number of carbonyl (C=O) groups excluding carboxylic acids is 1. The zero-order valence-electron chi connectivity index (χ0n) is 15.1. The van der Waals surface area contributed by atoms with E-state index in [4.69, 9.17) is 10.3 Å². The Hall–Kier alpha value is -2.99. The third-order valence-electron chi connectivity index (χ3n) is 5.11. The standard InChI is InChI=1S/C21H22N4O2/c1-13-23-21(25-27-13)17(11-14-7-3-2-4-8-14)19-16-10-6-5-9-15(16)12-18(24-19)20(22)26/h2-10,17-19,24H,11-12H2,1H3,(H2,22,26)/t17-,18?,19?/m0/s1. The van der Waals surface area contributed by atoms with Gasteiger partial charge in [0.1, 0.15) is 0 Å². The van der Waals surface area contributed by atoms with Crippen LogP contribution in [0.1, 0.15) is 40.4 Å². The fourth-order valence-electron chi connectivity index (χ4n) is 3.82. The Morgan fingerprint density at radius 1 is 1.22 bits per heavy atom. The van der Waals surface area contributed by atoms with Crippen LogP contribution in [-0.2, 0) is 17.6 Å². The minimum Gasteiger partial charge on any atom is -0.368 e. The average molecular weight is 362 g/mol. The van der Waals surface area contributed by atoms with Gasteiger partial charge in [0.15, 0.2) is 5.82 Å². The highest BCUT2D eigenvalue weighted by molar-refractivity contribution is 5.80. The van der Waals surface area contributed by atoms with E-state index in [-0.39, 0.29) is 17.9 Å². The lowest BCUT2D eigenvalue weighted by atomic mass is 9.80. The van der Waals surface area contributed by atoms with Crippen molar-refractivity contribution in [3.8, 4) is 0 Å². The number of aryl methyl sites for hydroxylation is 1. The molecule has 0 aliphatic carbocycles. The van der Waals surface area contributed by atoms with Gasteiger partial charge in [-0.3, -0.25) is 10.1 Å². The van der Waals surface area contributed by atoms with Crippen molar-refractivity contribution < 1.29 is 9.32 Å². The maximum atomic E-state index is 11.9. The largest absolute Gasteiger partial charge is 0.368 e. The molecule has 3 atom stereocenters. The van der Waals surface area contributed by atoms with E-state index in [1.54, 1.807) is 6.92 Å². The Balaban J connectivity index is 1.77. The lowest BCUT2D eigenvalue weighted by Gasteiger charge is -2.35. The normalized spacial score (nSPS) is 20.0. The summed E-state index contributed by atoms with van der Waals surface area (Å²) in [7, 11) is 0. The van der Waals surface area contributed by atoms with Gasteiger partial charge in [-0.1, -0.05) is 59.8 Å². The van der Waals surface area contributed by atoms with Crippen molar-refractivity contribution in [3.63, 3.8) is 0 Å². The third-order valence-corrected chi connectivity index (χ3v) is 5.11. The number of nitrogens with one attached hydrogen (secondary N) is 1. The maximum absolute atomic E-state index is 11.9. The number of aromatic nitrogens is 2. The first-order chi connectivity index (χ1) is 13.1. The van der Waals surface area contributed by atoms with Crippen LogP contribution in [0.15, 0.2) is 59.1 Å². The van der Waals surface area contributed by atoms with E-state index in [1.165, 1.54) is 5.56 Å². The lowest BCUT2D eigenvalue weighted by Crippen LogP contribution is -2.49. The molecule has 0 saturated heterocycles. The van der Waals surface area contributed by atoms with E-state index in [9.17, 15) is 4.79 Å². The number of benzene rings is 2. The summed E-state index contributed by atoms with van der Waals surface area (Å²) in [5.74, 6) is 0.720. The SMILES string of the molecule is Cc1nc([C@@H](Cc2ccccc2)C2NC(C(N)=O)Cc3ccccc32)no1. The molecule has 3 N–H and O–H groups in total. The zero-order valence-corrected chi connectivity index (χ0v) is 15.1. The van der Waals surface area contributed by atoms with E-state index in [0.717, 1.165) is 17.5 Å².